The number of piperidine rings is 1. The fourth-order valence-corrected chi connectivity index (χ4v) is 3.52. The molecule has 2 aromatic rings. The highest BCUT2D eigenvalue weighted by molar-refractivity contribution is 5.77. The van der Waals surface area contributed by atoms with Crippen LogP contribution in [0.2, 0.25) is 0 Å². The quantitative estimate of drug-likeness (QED) is 0.749. The topological polar surface area (TPSA) is 90.5 Å². The summed E-state index contributed by atoms with van der Waals surface area (Å²) in [6.07, 6.45) is 5.20. The van der Waals surface area contributed by atoms with Crippen molar-refractivity contribution in [2.45, 2.75) is 38.3 Å². The molecule has 1 aromatic heterocycles. The normalized spacial score (nSPS) is 19.4. The van der Waals surface area contributed by atoms with Crippen molar-refractivity contribution in [2.24, 2.45) is 11.7 Å². The molecule has 2 heterocycles. The van der Waals surface area contributed by atoms with Crippen LogP contribution in [0, 0.1) is 11.7 Å². The van der Waals surface area contributed by atoms with Crippen LogP contribution in [-0.2, 0) is 16.1 Å². The third kappa shape index (κ3) is 5.55. The highest BCUT2D eigenvalue weighted by Gasteiger charge is 2.33. The molecule has 150 valence electrons. The average Bonchev–Trinajstić information content (AvgIpc) is 3.18. The molecule has 0 unspecified atom stereocenters. The Morgan fingerprint density at radius 1 is 1.29 bits per heavy atom. The van der Waals surface area contributed by atoms with E-state index in [1.807, 2.05) is 12.3 Å². The molecule has 1 aliphatic rings. The van der Waals surface area contributed by atoms with E-state index in [1.165, 1.54) is 12.1 Å². The number of likely N-dealkylation sites (tertiary alicyclic amines) is 1. The zero-order valence-electron chi connectivity index (χ0n) is 15.7. The number of hydrogen-bond acceptors (Lipinski definition) is 4. The van der Waals surface area contributed by atoms with Gasteiger partial charge < -0.3 is 15.4 Å². The Balaban J connectivity index is 1.55. The second-order valence-electron chi connectivity index (χ2n) is 7.04. The van der Waals surface area contributed by atoms with Gasteiger partial charge in [-0.25, -0.2) is 4.39 Å². The van der Waals surface area contributed by atoms with E-state index >= 15 is 0 Å². The van der Waals surface area contributed by atoms with E-state index in [-0.39, 0.29) is 30.2 Å². The van der Waals surface area contributed by atoms with Crippen molar-refractivity contribution < 1.29 is 18.7 Å². The summed E-state index contributed by atoms with van der Waals surface area (Å²) in [5.74, 6) is -0.352. The van der Waals surface area contributed by atoms with Gasteiger partial charge in [0.2, 0.25) is 11.8 Å². The fraction of sp³-hybridized carbons (Fsp3) is 0.450. The van der Waals surface area contributed by atoms with Gasteiger partial charge in [-0.15, -0.1) is 0 Å². The minimum atomic E-state index is -0.425. The van der Waals surface area contributed by atoms with Crippen LogP contribution in [0.25, 0.3) is 0 Å². The lowest BCUT2D eigenvalue weighted by Crippen LogP contribution is -2.49. The summed E-state index contributed by atoms with van der Waals surface area (Å²) in [5.41, 5.74) is 5.40. The molecule has 1 fully saturated rings. The maximum Gasteiger partial charge on any atom is 0.222 e. The summed E-state index contributed by atoms with van der Waals surface area (Å²) in [6.45, 7) is 1.67. The van der Waals surface area contributed by atoms with E-state index in [0.717, 1.165) is 0 Å². The zero-order chi connectivity index (χ0) is 19.9. The standard InChI is InChI=1S/C20H25FN4O3/c21-16-4-6-17(7-5-16)28-18-8-12-24(14-15(18)13-19(22)26)20(27)3-1-10-25-11-2-9-23-25/h2,4-7,9,11,15,18H,1,3,8,10,12-14H2,(H2,22,26)/t15-,18-/m0/s1. The van der Waals surface area contributed by atoms with Gasteiger partial charge in [0.1, 0.15) is 17.7 Å². The smallest absolute Gasteiger partial charge is 0.222 e. The van der Waals surface area contributed by atoms with Crippen molar-refractivity contribution in [2.75, 3.05) is 13.1 Å². The number of nitrogens with two attached hydrogens (primary N) is 1. The minimum Gasteiger partial charge on any atom is -0.490 e. The molecule has 0 bridgehead atoms. The summed E-state index contributed by atoms with van der Waals surface area (Å²) in [5, 5.41) is 4.13. The summed E-state index contributed by atoms with van der Waals surface area (Å²) >= 11 is 0. The number of rotatable bonds is 8. The number of benzene rings is 1. The van der Waals surface area contributed by atoms with Crippen molar-refractivity contribution >= 4 is 11.8 Å². The number of aromatic nitrogens is 2. The summed E-state index contributed by atoms with van der Waals surface area (Å²) < 4.78 is 20.8. The van der Waals surface area contributed by atoms with Crippen molar-refractivity contribution in [1.29, 1.82) is 0 Å². The largest absolute Gasteiger partial charge is 0.490 e. The Kier molecular flexibility index (Phi) is 6.62. The van der Waals surface area contributed by atoms with Gasteiger partial charge in [0, 0.05) is 57.2 Å². The molecule has 2 atom stereocenters. The summed E-state index contributed by atoms with van der Waals surface area (Å²) in [7, 11) is 0. The summed E-state index contributed by atoms with van der Waals surface area (Å²) in [6, 6.07) is 7.63. The Labute approximate surface area is 163 Å². The Bertz CT molecular complexity index is 779. The number of nitrogens with zero attached hydrogens (tertiary/aromatic N) is 3. The molecular formula is C20H25FN4O3. The lowest BCUT2D eigenvalue weighted by Gasteiger charge is -2.38. The Hall–Kier alpha value is -2.90. The number of primary amides is 1. The van der Waals surface area contributed by atoms with Crippen LogP contribution in [0.1, 0.15) is 25.7 Å². The fourth-order valence-electron chi connectivity index (χ4n) is 3.52. The van der Waals surface area contributed by atoms with E-state index < -0.39 is 5.91 Å². The van der Waals surface area contributed by atoms with Gasteiger partial charge >= 0.3 is 0 Å². The van der Waals surface area contributed by atoms with Gasteiger partial charge in [0.25, 0.3) is 0 Å². The SMILES string of the molecule is NC(=O)C[C@H]1CN(C(=O)CCCn2cccn2)CC[C@@H]1Oc1ccc(F)cc1. The highest BCUT2D eigenvalue weighted by atomic mass is 19.1. The first kappa shape index (κ1) is 19.9. The van der Waals surface area contributed by atoms with E-state index in [1.54, 1.807) is 27.9 Å². The Morgan fingerprint density at radius 2 is 2.07 bits per heavy atom. The molecule has 0 saturated carbocycles. The molecule has 2 amide bonds. The second-order valence-corrected chi connectivity index (χ2v) is 7.04. The predicted molar refractivity (Wildman–Crippen MR) is 101 cm³/mol. The summed E-state index contributed by atoms with van der Waals surface area (Å²) in [4.78, 5) is 25.8. The van der Waals surface area contributed by atoms with Gasteiger partial charge in [0.05, 0.1) is 0 Å². The molecule has 1 aromatic carbocycles. The van der Waals surface area contributed by atoms with Crippen LogP contribution in [0.3, 0.4) is 0 Å². The maximum atomic E-state index is 13.1. The number of aryl methyl sites for hydroxylation is 1. The number of carbonyl (C=O) groups excluding carboxylic acids is 2. The average molecular weight is 388 g/mol. The molecule has 3 rings (SSSR count). The third-order valence-electron chi connectivity index (χ3n) is 4.92. The molecule has 0 radical (unpaired) electrons. The highest BCUT2D eigenvalue weighted by Crippen LogP contribution is 2.26. The molecule has 0 spiro atoms. The number of carbonyl (C=O) groups is 2. The first-order valence-electron chi connectivity index (χ1n) is 9.47. The molecule has 2 N–H and O–H groups in total. The van der Waals surface area contributed by atoms with Gasteiger partial charge in [0.15, 0.2) is 0 Å². The van der Waals surface area contributed by atoms with Crippen LogP contribution < -0.4 is 10.5 Å². The van der Waals surface area contributed by atoms with Crippen LogP contribution in [0.4, 0.5) is 4.39 Å². The molecule has 1 saturated heterocycles. The van der Waals surface area contributed by atoms with E-state index in [0.29, 0.717) is 44.6 Å². The monoisotopic (exact) mass is 388 g/mol. The number of hydrogen-bond donors (Lipinski definition) is 1. The van der Waals surface area contributed by atoms with Gasteiger partial charge in [-0.3, -0.25) is 14.3 Å². The minimum absolute atomic E-state index is 0.0573. The van der Waals surface area contributed by atoms with Crippen molar-refractivity contribution in [3.63, 3.8) is 0 Å². The maximum absolute atomic E-state index is 13.1. The van der Waals surface area contributed by atoms with Crippen LogP contribution in [-0.4, -0.2) is 45.7 Å². The van der Waals surface area contributed by atoms with E-state index in [2.05, 4.69) is 5.10 Å². The van der Waals surface area contributed by atoms with Crippen molar-refractivity contribution in [1.82, 2.24) is 14.7 Å². The molecule has 1 aliphatic heterocycles. The van der Waals surface area contributed by atoms with Crippen molar-refractivity contribution in [3.05, 3.63) is 48.5 Å². The van der Waals surface area contributed by atoms with Crippen molar-refractivity contribution in [3.8, 4) is 5.75 Å². The molecule has 0 aliphatic carbocycles. The van der Waals surface area contributed by atoms with Crippen LogP contribution in [0.15, 0.2) is 42.7 Å². The first-order chi connectivity index (χ1) is 13.5. The van der Waals surface area contributed by atoms with Gasteiger partial charge in [-0.2, -0.15) is 5.10 Å². The van der Waals surface area contributed by atoms with Gasteiger partial charge in [-0.1, -0.05) is 0 Å². The predicted octanol–water partition coefficient (Wildman–Crippen LogP) is 1.97. The lowest BCUT2D eigenvalue weighted by atomic mass is 9.91. The first-order valence-corrected chi connectivity index (χ1v) is 9.47. The molecule has 7 nitrogen and oxygen atoms in total. The van der Waals surface area contributed by atoms with E-state index in [4.69, 9.17) is 10.5 Å². The second kappa shape index (κ2) is 9.34. The molecular weight excluding hydrogens is 363 g/mol. The molecule has 28 heavy (non-hydrogen) atoms. The van der Waals surface area contributed by atoms with Crippen LogP contribution >= 0.6 is 0 Å². The number of ether oxygens (including phenoxy) is 1. The van der Waals surface area contributed by atoms with Gasteiger partial charge in [-0.05, 0) is 36.8 Å². The number of amides is 2. The third-order valence-corrected chi connectivity index (χ3v) is 4.92. The zero-order valence-corrected chi connectivity index (χ0v) is 15.7. The number of halogens is 1. The van der Waals surface area contributed by atoms with Crippen LogP contribution in [0.5, 0.6) is 5.75 Å². The lowest BCUT2D eigenvalue weighted by molar-refractivity contribution is -0.136. The Morgan fingerprint density at radius 3 is 2.75 bits per heavy atom. The van der Waals surface area contributed by atoms with E-state index in [9.17, 15) is 14.0 Å². The molecule has 8 heteroatoms.